The first-order valence-corrected chi connectivity index (χ1v) is 9.14. The minimum atomic E-state index is 0.0832. The molecule has 0 amide bonds. The number of rotatable bonds is 5. The summed E-state index contributed by atoms with van der Waals surface area (Å²) in [5, 5.41) is 2.17. The molecule has 0 aliphatic carbocycles. The monoisotopic (exact) mass is 372 g/mol. The van der Waals surface area contributed by atoms with Gasteiger partial charge in [0, 0.05) is 18.9 Å². The van der Waals surface area contributed by atoms with Crippen molar-refractivity contribution in [1.29, 1.82) is 0 Å². The Labute approximate surface area is 157 Å². The van der Waals surface area contributed by atoms with Crippen LogP contribution in [0.15, 0.2) is 42.6 Å². The predicted octanol–water partition coefficient (Wildman–Crippen LogP) is 3.58. The summed E-state index contributed by atoms with van der Waals surface area (Å²) < 4.78 is 11.2. The molecule has 136 valence electrons. The summed E-state index contributed by atoms with van der Waals surface area (Å²) in [5.74, 6) is 0.638. The van der Waals surface area contributed by atoms with Gasteiger partial charge in [0.25, 0.3) is 0 Å². The third-order valence-electron chi connectivity index (χ3n) is 4.44. The summed E-state index contributed by atoms with van der Waals surface area (Å²) >= 11 is 6.16. The number of hydrogen-bond donors (Lipinski definition) is 1. The fourth-order valence-corrected chi connectivity index (χ4v) is 3.29. The molecule has 26 heavy (non-hydrogen) atoms. The van der Waals surface area contributed by atoms with Crippen LogP contribution in [0, 0.1) is 6.92 Å². The van der Waals surface area contributed by atoms with Gasteiger partial charge in [-0.25, -0.2) is 5.43 Å². The Morgan fingerprint density at radius 2 is 2.27 bits per heavy atom. The largest absolute Gasteiger partial charge is 0.461 e. The molecule has 2 unspecified atom stereocenters. The Morgan fingerprint density at radius 1 is 1.35 bits per heavy atom. The molecule has 2 aromatic rings. The second-order valence-corrected chi connectivity index (χ2v) is 6.90. The maximum absolute atomic E-state index is 6.16. The van der Waals surface area contributed by atoms with Gasteiger partial charge in [-0.3, -0.25) is 5.01 Å². The molecule has 0 saturated carbocycles. The molecule has 1 saturated heterocycles. The van der Waals surface area contributed by atoms with Crippen LogP contribution in [-0.4, -0.2) is 29.3 Å². The Bertz CT molecular complexity index is 808. The molecule has 0 radical (unpaired) electrons. The van der Waals surface area contributed by atoms with Crippen LogP contribution < -0.4 is 15.2 Å². The van der Waals surface area contributed by atoms with Crippen LogP contribution in [0.4, 0.5) is 5.82 Å². The number of ether oxygens (including phenoxy) is 2. The van der Waals surface area contributed by atoms with E-state index >= 15 is 0 Å². The molecule has 1 aromatic carbocycles. The molecule has 1 N–H and O–H groups in total. The molecule has 2 aliphatic heterocycles. The van der Waals surface area contributed by atoms with Gasteiger partial charge in [0.05, 0.1) is 12.1 Å². The summed E-state index contributed by atoms with van der Waals surface area (Å²) in [6, 6.07) is 10.5. The number of nitrogens with one attached hydrogen (secondary N) is 1. The Morgan fingerprint density at radius 3 is 3.08 bits per heavy atom. The summed E-state index contributed by atoms with van der Waals surface area (Å²) in [6.45, 7) is 3.31. The van der Waals surface area contributed by atoms with E-state index < -0.39 is 0 Å². The van der Waals surface area contributed by atoms with E-state index in [0.29, 0.717) is 17.6 Å². The van der Waals surface area contributed by atoms with Crippen molar-refractivity contribution in [2.45, 2.75) is 31.9 Å². The van der Waals surface area contributed by atoms with Crippen molar-refractivity contribution >= 4 is 17.4 Å². The molecule has 1 fully saturated rings. The zero-order valence-electron chi connectivity index (χ0n) is 14.6. The van der Waals surface area contributed by atoms with E-state index in [0.717, 1.165) is 19.4 Å². The van der Waals surface area contributed by atoms with Gasteiger partial charge in [-0.1, -0.05) is 41.4 Å². The van der Waals surface area contributed by atoms with Gasteiger partial charge in [0.1, 0.15) is 11.8 Å². The van der Waals surface area contributed by atoms with Crippen molar-refractivity contribution in [3.63, 3.8) is 0 Å². The van der Waals surface area contributed by atoms with Crippen LogP contribution in [0.1, 0.15) is 30.0 Å². The molecule has 4 rings (SSSR count). The van der Waals surface area contributed by atoms with Crippen LogP contribution in [0.3, 0.4) is 0 Å². The lowest BCUT2D eigenvalue weighted by Crippen LogP contribution is -2.31. The zero-order valence-corrected chi connectivity index (χ0v) is 15.3. The van der Waals surface area contributed by atoms with Crippen LogP contribution >= 0.6 is 11.6 Å². The molecular weight excluding hydrogens is 352 g/mol. The third-order valence-corrected chi connectivity index (χ3v) is 4.63. The van der Waals surface area contributed by atoms with Gasteiger partial charge in [0.2, 0.25) is 0 Å². The number of nitrogens with zero attached hydrogens (tertiary/aromatic N) is 3. The summed E-state index contributed by atoms with van der Waals surface area (Å²) in [4.78, 5) is 8.61. The number of hydrogen-bond acceptors (Lipinski definition) is 6. The van der Waals surface area contributed by atoms with Crippen molar-refractivity contribution in [2.24, 2.45) is 0 Å². The van der Waals surface area contributed by atoms with Crippen molar-refractivity contribution in [3.8, 4) is 6.01 Å². The molecule has 1 aromatic heterocycles. The highest BCUT2D eigenvalue weighted by atomic mass is 35.5. The Balaban J connectivity index is 1.45. The van der Waals surface area contributed by atoms with Gasteiger partial charge in [-0.05, 0) is 31.4 Å². The maximum Gasteiger partial charge on any atom is 0.319 e. The average molecular weight is 373 g/mol. The lowest BCUT2D eigenvalue weighted by Gasteiger charge is -2.20. The molecular formula is C19H21ClN4O2. The molecule has 7 heteroatoms. The number of aryl methyl sites for hydroxylation is 1. The number of halogens is 1. The standard InChI is InChI=1S/C19H21ClN4O2/c1-13-4-2-5-14(10-13)16-7-8-24(23-16)18-11-17(20)21-19(22-18)26-12-15-6-3-9-25-15/h2,4-5,7-8,10-11,15-16,23H,3,6,9,12H2,1H3. The third kappa shape index (κ3) is 3.98. The average Bonchev–Trinajstić information content (AvgIpc) is 3.31. The highest BCUT2D eigenvalue weighted by molar-refractivity contribution is 6.29. The lowest BCUT2D eigenvalue weighted by molar-refractivity contribution is 0.0645. The first kappa shape index (κ1) is 17.3. The van der Waals surface area contributed by atoms with Crippen molar-refractivity contribution in [1.82, 2.24) is 15.4 Å². The van der Waals surface area contributed by atoms with E-state index in [2.05, 4.69) is 52.7 Å². The Kier molecular flexibility index (Phi) is 5.06. The van der Waals surface area contributed by atoms with E-state index in [-0.39, 0.29) is 18.2 Å². The Hall–Kier alpha value is -2.15. The number of benzene rings is 1. The summed E-state index contributed by atoms with van der Waals surface area (Å²) in [7, 11) is 0. The SMILES string of the molecule is Cc1cccc(C2C=CN(c3cc(Cl)nc(OCC4CCCO4)n3)N2)c1. The second-order valence-electron chi connectivity index (χ2n) is 6.51. The summed E-state index contributed by atoms with van der Waals surface area (Å²) in [6.07, 6.45) is 6.20. The van der Waals surface area contributed by atoms with Crippen LogP contribution in [0.5, 0.6) is 6.01 Å². The molecule has 0 spiro atoms. The van der Waals surface area contributed by atoms with Gasteiger partial charge in [0.15, 0.2) is 5.82 Å². The topological polar surface area (TPSA) is 59.5 Å². The normalized spacial score (nSPS) is 22.2. The van der Waals surface area contributed by atoms with E-state index in [1.807, 2.05) is 11.2 Å². The maximum atomic E-state index is 6.16. The lowest BCUT2D eigenvalue weighted by atomic mass is 10.1. The number of aromatic nitrogens is 2. The predicted molar refractivity (Wildman–Crippen MR) is 100 cm³/mol. The quantitative estimate of drug-likeness (QED) is 0.809. The molecule has 6 nitrogen and oxygen atoms in total. The van der Waals surface area contributed by atoms with E-state index in [1.54, 1.807) is 6.07 Å². The minimum absolute atomic E-state index is 0.0832. The molecule has 3 heterocycles. The highest BCUT2D eigenvalue weighted by Gasteiger charge is 2.21. The van der Waals surface area contributed by atoms with Gasteiger partial charge >= 0.3 is 6.01 Å². The van der Waals surface area contributed by atoms with E-state index in [1.165, 1.54) is 11.1 Å². The van der Waals surface area contributed by atoms with Crippen LogP contribution in [0.25, 0.3) is 0 Å². The van der Waals surface area contributed by atoms with Gasteiger partial charge < -0.3 is 9.47 Å². The fraction of sp³-hybridized carbons (Fsp3) is 0.368. The van der Waals surface area contributed by atoms with Crippen molar-refractivity contribution < 1.29 is 9.47 Å². The van der Waals surface area contributed by atoms with E-state index in [9.17, 15) is 0 Å². The fourth-order valence-electron chi connectivity index (χ4n) is 3.12. The van der Waals surface area contributed by atoms with Crippen molar-refractivity contribution in [3.05, 3.63) is 58.9 Å². The van der Waals surface area contributed by atoms with Crippen LogP contribution in [-0.2, 0) is 4.74 Å². The minimum Gasteiger partial charge on any atom is -0.461 e. The summed E-state index contributed by atoms with van der Waals surface area (Å²) in [5.41, 5.74) is 5.82. The molecule has 2 aliphatic rings. The smallest absolute Gasteiger partial charge is 0.319 e. The first-order valence-electron chi connectivity index (χ1n) is 8.77. The van der Waals surface area contributed by atoms with Crippen molar-refractivity contribution in [2.75, 3.05) is 18.2 Å². The highest BCUT2D eigenvalue weighted by Crippen LogP contribution is 2.26. The second kappa shape index (κ2) is 7.61. The number of anilines is 1. The van der Waals surface area contributed by atoms with E-state index in [4.69, 9.17) is 21.1 Å². The molecule has 2 atom stereocenters. The van der Waals surface area contributed by atoms with Crippen LogP contribution in [0.2, 0.25) is 5.15 Å². The number of hydrazine groups is 1. The molecule has 0 bridgehead atoms. The zero-order chi connectivity index (χ0) is 17.9. The van der Waals surface area contributed by atoms with Gasteiger partial charge in [-0.15, -0.1) is 0 Å². The first-order chi connectivity index (χ1) is 12.7. The van der Waals surface area contributed by atoms with Gasteiger partial charge in [-0.2, -0.15) is 9.97 Å².